The molecule has 0 radical (unpaired) electrons. The summed E-state index contributed by atoms with van der Waals surface area (Å²) in [7, 11) is 1.60. The molecule has 1 aliphatic heterocycles. The number of halogens is 1. The van der Waals surface area contributed by atoms with E-state index in [0.29, 0.717) is 31.9 Å². The molecule has 0 spiro atoms. The Morgan fingerprint density at radius 3 is 2.40 bits per heavy atom. The van der Waals surface area contributed by atoms with Crippen molar-refractivity contribution in [3.63, 3.8) is 0 Å². The second kappa shape index (κ2) is 12.6. The van der Waals surface area contributed by atoms with Crippen molar-refractivity contribution in [3.8, 4) is 5.75 Å². The highest BCUT2D eigenvalue weighted by Crippen LogP contribution is 2.35. The number of benzene rings is 3. The number of ether oxygens (including phenoxy) is 2. The topological polar surface area (TPSA) is 73.1 Å². The smallest absolute Gasteiger partial charge is 0.338 e. The number of carbonyl (C=O) groups excluding carboxylic acids is 1. The molecule has 9 heteroatoms. The first-order valence-corrected chi connectivity index (χ1v) is 14.7. The Bertz CT molecular complexity index is 1810. The minimum Gasteiger partial charge on any atom is -0.496 e. The summed E-state index contributed by atoms with van der Waals surface area (Å²) in [5, 5.41) is 0. The Kier molecular flexibility index (Phi) is 8.68. The van der Waals surface area contributed by atoms with Crippen LogP contribution in [0.15, 0.2) is 88.2 Å². The SMILES string of the molecule is CCOC(=O)C1=C(c2ccccc2)N=c2s/c(=C\c3ccc(N(CC)CC)cc3OC)c(=O)n2[C@@H]1c1ccc(F)cc1. The van der Waals surface area contributed by atoms with E-state index in [2.05, 4.69) is 18.7 Å². The zero-order valence-electron chi connectivity index (χ0n) is 24.0. The van der Waals surface area contributed by atoms with Gasteiger partial charge in [-0.15, -0.1) is 0 Å². The van der Waals surface area contributed by atoms with Crippen LogP contribution in [0.5, 0.6) is 5.75 Å². The first kappa shape index (κ1) is 29.0. The molecule has 2 heterocycles. The molecular formula is C33H32FN3O4S. The third-order valence-corrected chi connectivity index (χ3v) is 8.17. The molecule has 1 aromatic heterocycles. The molecule has 0 saturated carbocycles. The number of hydrogen-bond acceptors (Lipinski definition) is 7. The van der Waals surface area contributed by atoms with E-state index in [4.69, 9.17) is 14.5 Å². The first-order chi connectivity index (χ1) is 20.4. The van der Waals surface area contributed by atoms with E-state index in [-0.39, 0.29) is 17.7 Å². The summed E-state index contributed by atoms with van der Waals surface area (Å²) in [6, 6.07) is 20.1. The summed E-state index contributed by atoms with van der Waals surface area (Å²) in [4.78, 5) is 35.1. The average molecular weight is 586 g/mol. The third kappa shape index (κ3) is 5.52. The van der Waals surface area contributed by atoms with Crippen molar-refractivity contribution in [1.82, 2.24) is 4.57 Å². The lowest BCUT2D eigenvalue weighted by molar-refractivity contribution is -0.138. The first-order valence-electron chi connectivity index (χ1n) is 13.9. The van der Waals surface area contributed by atoms with Crippen LogP contribution in [0.3, 0.4) is 0 Å². The van der Waals surface area contributed by atoms with E-state index in [0.717, 1.165) is 24.3 Å². The Balaban J connectivity index is 1.77. The number of anilines is 1. The molecule has 0 fully saturated rings. The molecule has 0 N–H and O–H groups in total. The molecule has 0 unspecified atom stereocenters. The Morgan fingerprint density at radius 1 is 1.05 bits per heavy atom. The minimum atomic E-state index is -0.870. The fraction of sp³-hybridized carbons (Fsp3) is 0.242. The van der Waals surface area contributed by atoms with Gasteiger partial charge in [0.05, 0.1) is 35.6 Å². The van der Waals surface area contributed by atoms with Crippen LogP contribution >= 0.6 is 11.3 Å². The highest BCUT2D eigenvalue weighted by atomic mass is 32.1. The van der Waals surface area contributed by atoms with E-state index in [9.17, 15) is 14.0 Å². The average Bonchev–Trinajstić information content (AvgIpc) is 3.32. The maximum atomic E-state index is 14.1. The van der Waals surface area contributed by atoms with Gasteiger partial charge >= 0.3 is 5.97 Å². The van der Waals surface area contributed by atoms with Gasteiger partial charge in [0, 0.05) is 36.0 Å². The zero-order chi connectivity index (χ0) is 29.8. The Morgan fingerprint density at radius 2 is 1.76 bits per heavy atom. The van der Waals surface area contributed by atoms with Crippen molar-refractivity contribution in [1.29, 1.82) is 0 Å². The molecule has 42 heavy (non-hydrogen) atoms. The molecule has 1 aliphatic rings. The summed E-state index contributed by atoms with van der Waals surface area (Å²) in [5.41, 5.74) is 3.35. The highest BCUT2D eigenvalue weighted by molar-refractivity contribution is 7.07. The van der Waals surface area contributed by atoms with E-state index < -0.39 is 17.8 Å². The quantitative estimate of drug-likeness (QED) is 0.261. The standard InChI is InChI=1S/C33H32FN3O4S/c1-5-36(6-2)25-18-15-23(26(20-25)40-4)19-27-31(38)37-30(22-13-16-24(34)17-14-22)28(32(39)41-7-3)29(35-33(37)42-27)21-11-9-8-10-12-21/h8-20,30H,5-7H2,1-4H3/b27-19-/t30-/m1/s1. The van der Waals surface area contributed by atoms with Crippen LogP contribution in [-0.2, 0) is 9.53 Å². The fourth-order valence-corrected chi connectivity index (χ4v) is 6.14. The maximum absolute atomic E-state index is 14.1. The molecular weight excluding hydrogens is 553 g/mol. The summed E-state index contributed by atoms with van der Waals surface area (Å²) < 4.78 is 27.1. The van der Waals surface area contributed by atoms with Crippen LogP contribution in [0.2, 0.25) is 0 Å². The molecule has 0 saturated heterocycles. The van der Waals surface area contributed by atoms with Crippen LogP contribution in [0.4, 0.5) is 10.1 Å². The van der Waals surface area contributed by atoms with Crippen molar-refractivity contribution in [3.05, 3.63) is 121 Å². The van der Waals surface area contributed by atoms with Gasteiger partial charge in [-0.25, -0.2) is 14.2 Å². The summed E-state index contributed by atoms with van der Waals surface area (Å²) in [6.45, 7) is 7.77. The molecule has 1 atom stereocenters. The number of rotatable bonds is 9. The lowest BCUT2D eigenvalue weighted by Crippen LogP contribution is -2.40. The number of fused-ring (bicyclic) bond motifs is 1. The number of nitrogens with zero attached hydrogens (tertiary/aromatic N) is 3. The van der Waals surface area contributed by atoms with Gasteiger partial charge in [0.25, 0.3) is 5.56 Å². The number of thiazole rings is 1. The number of esters is 1. The van der Waals surface area contributed by atoms with Crippen LogP contribution in [0, 0.1) is 5.82 Å². The lowest BCUT2D eigenvalue weighted by atomic mass is 9.93. The zero-order valence-corrected chi connectivity index (χ0v) is 24.8. The number of carbonyl (C=O) groups is 1. The van der Waals surface area contributed by atoms with Gasteiger partial charge in [0.2, 0.25) is 0 Å². The van der Waals surface area contributed by atoms with Crippen LogP contribution in [-0.4, -0.2) is 37.3 Å². The molecule has 4 aromatic rings. The van der Waals surface area contributed by atoms with Crippen molar-refractivity contribution in [2.24, 2.45) is 4.99 Å². The van der Waals surface area contributed by atoms with Crippen LogP contribution < -0.4 is 24.5 Å². The van der Waals surface area contributed by atoms with Gasteiger partial charge in [-0.1, -0.05) is 53.8 Å². The third-order valence-electron chi connectivity index (χ3n) is 7.19. The highest BCUT2D eigenvalue weighted by Gasteiger charge is 2.35. The minimum absolute atomic E-state index is 0.147. The molecule has 0 amide bonds. The van der Waals surface area contributed by atoms with Crippen LogP contribution in [0.25, 0.3) is 11.8 Å². The maximum Gasteiger partial charge on any atom is 0.338 e. The molecule has 7 nitrogen and oxygen atoms in total. The fourth-order valence-electron chi connectivity index (χ4n) is 5.15. The second-order valence-electron chi connectivity index (χ2n) is 9.58. The van der Waals surface area contributed by atoms with Gasteiger partial charge in [-0.3, -0.25) is 9.36 Å². The lowest BCUT2D eigenvalue weighted by Gasteiger charge is -2.25. The van der Waals surface area contributed by atoms with Gasteiger partial charge in [-0.05, 0) is 56.7 Å². The van der Waals surface area contributed by atoms with E-state index in [1.54, 1.807) is 32.2 Å². The number of methoxy groups -OCH3 is 1. The molecule has 5 rings (SSSR count). The summed E-state index contributed by atoms with van der Waals surface area (Å²) in [6.07, 6.45) is 1.78. The van der Waals surface area contributed by atoms with Crippen molar-refractivity contribution in [2.75, 3.05) is 31.7 Å². The van der Waals surface area contributed by atoms with Gasteiger partial charge in [0.15, 0.2) is 4.80 Å². The predicted octanol–water partition coefficient (Wildman–Crippen LogP) is 4.93. The van der Waals surface area contributed by atoms with Gasteiger partial charge in [0.1, 0.15) is 11.6 Å². The van der Waals surface area contributed by atoms with Crippen molar-refractivity contribution in [2.45, 2.75) is 26.8 Å². The number of aromatic nitrogens is 1. The molecule has 0 bridgehead atoms. The largest absolute Gasteiger partial charge is 0.496 e. The van der Waals surface area contributed by atoms with E-state index in [1.165, 1.54) is 28.0 Å². The summed E-state index contributed by atoms with van der Waals surface area (Å²) >= 11 is 1.22. The molecule has 0 aliphatic carbocycles. The van der Waals surface area contributed by atoms with E-state index in [1.807, 2.05) is 48.5 Å². The Labute approximate surface area is 247 Å². The predicted molar refractivity (Wildman–Crippen MR) is 164 cm³/mol. The summed E-state index contributed by atoms with van der Waals surface area (Å²) in [5.74, 6) is -0.369. The van der Waals surface area contributed by atoms with Gasteiger partial charge in [-0.2, -0.15) is 0 Å². The second-order valence-corrected chi connectivity index (χ2v) is 10.6. The number of hydrogen-bond donors (Lipinski definition) is 0. The van der Waals surface area contributed by atoms with Crippen molar-refractivity contribution >= 4 is 34.8 Å². The van der Waals surface area contributed by atoms with E-state index >= 15 is 0 Å². The van der Waals surface area contributed by atoms with Gasteiger partial charge < -0.3 is 14.4 Å². The Hall–Kier alpha value is -4.50. The normalized spacial score (nSPS) is 14.8. The molecule has 216 valence electrons. The molecule has 3 aromatic carbocycles. The van der Waals surface area contributed by atoms with Crippen molar-refractivity contribution < 1.29 is 18.7 Å². The van der Waals surface area contributed by atoms with Crippen LogP contribution in [0.1, 0.15) is 43.5 Å². The monoisotopic (exact) mass is 585 g/mol.